The summed E-state index contributed by atoms with van der Waals surface area (Å²) < 4.78 is 11.4. The summed E-state index contributed by atoms with van der Waals surface area (Å²) in [5, 5.41) is 0. The van der Waals surface area contributed by atoms with Crippen molar-refractivity contribution in [1.29, 1.82) is 0 Å². The van der Waals surface area contributed by atoms with E-state index in [-0.39, 0.29) is 0 Å². The Balaban J connectivity index is 1.95. The zero-order valence-electron chi connectivity index (χ0n) is 13.5. The number of hydrogen-bond acceptors (Lipinski definition) is 2. The molecular formula is C22H18O2. The molecule has 2 nitrogen and oxygen atoms in total. The molecule has 1 heterocycles. The molecule has 1 aliphatic heterocycles. The van der Waals surface area contributed by atoms with E-state index in [1.807, 2.05) is 24.3 Å². The second kappa shape index (κ2) is 6.25. The van der Waals surface area contributed by atoms with Gasteiger partial charge < -0.3 is 9.47 Å². The lowest BCUT2D eigenvalue weighted by molar-refractivity contribution is 0.306. The molecule has 0 radical (unpaired) electrons. The van der Waals surface area contributed by atoms with Crippen molar-refractivity contribution in [2.45, 2.75) is 6.61 Å². The van der Waals surface area contributed by atoms with Gasteiger partial charge >= 0.3 is 0 Å². The SMILES string of the molecule is COc1ccc2c(c1)COc1ccccc1/C2=C\c1ccccc1. The highest BCUT2D eigenvalue weighted by Crippen LogP contribution is 2.38. The summed E-state index contributed by atoms with van der Waals surface area (Å²) in [7, 11) is 1.69. The average molecular weight is 314 g/mol. The predicted molar refractivity (Wildman–Crippen MR) is 97.2 cm³/mol. The van der Waals surface area contributed by atoms with Gasteiger partial charge in [-0.3, -0.25) is 0 Å². The first-order chi connectivity index (χ1) is 11.8. The molecule has 0 atom stereocenters. The average Bonchev–Trinajstić information content (AvgIpc) is 2.80. The maximum Gasteiger partial charge on any atom is 0.127 e. The number of benzene rings is 3. The summed E-state index contributed by atoms with van der Waals surface area (Å²) in [4.78, 5) is 0. The number of para-hydroxylation sites is 1. The van der Waals surface area contributed by atoms with Crippen LogP contribution in [0.25, 0.3) is 11.6 Å². The van der Waals surface area contributed by atoms with Crippen LogP contribution in [0, 0.1) is 0 Å². The summed E-state index contributed by atoms with van der Waals surface area (Å²) in [6.07, 6.45) is 2.22. The van der Waals surface area contributed by atoms with Gasteiger partial charge in [-0.15, -0.1) is 0 Å². The number of methoxy groups -OCH3 is 1. The van der Waals surface area contributed by atoms with Crippen molar-refractivity contribution in [3.05, 3.63) is 95.1 Å². The van der Waals surface area contributed by atoms with Crippen LogP contribution in [-0.4, -0.2) is 7.11 Å². The predicted octanol–water partition coefficient (Wildman–Crippen LogP) is 5.18. The summed E-state index contributed by atoms with van der Waals surface area (Å²) in [6.45, 7) is 0.537. The Bertz CT molecular complexity index is 895. The highest BCUT2D eigenvalue weighted by atomic mass is 16.5. The van der Waals surface area contributed by atoms with E-state index in [1.54, 1.807) is 7.11 Å². The number of ether oxygens (including phenoxy) is 2. The lowest BCUT2D eigenvalue weighted by atomic mass is 9.92. The molecule has 0 saturated carbocycles. The van der Waals surface area contributed by atoms with Gasteiger partial charge in [0.1, 0.15) is 18.1 Å². The second-order valence-electron chi connectivity index (χ2n) is 5.78. The molecule has 0 saturated heterocycles. The van der Waals surface area contributed by atoms with E-state index >= 15 is 0 Å². The lowest BCUT2D eigenvalue weighted by Gasteiger charge is -2.11. The molecule has 0 bridgehead atoms. The Morgan fingerprint density at radius 1 is 0.875 bits per heavy atom. The standard InChI is InChI=1S/C22H18O2/c1-23-18-11-12-19-17(14-18)15-24-22-10-6-5-9-20(22)21(19)13-16-7-3-2-4-8-16/h2-14H,15H2,1H3/b21-13-. The van der Waals surface area contributed by atoms with Crippen molar-refractivity contribution < 1.29 is 9.47 Å². The minimum Gasteiger partial charge on any atom is -0.497 e. The Morgan fingerprint density at radius 3 is 2.50 bits per heavy atom. The maximum atomic E-state index is 6.05. The topological polar surface area (TPSA) is 18.5 Å². The molecule has 0 unspecified atom stereocenters. The van der Waals surface area contributed by atoms with Gasteiger partial charge in [-0.25, -0.2) is 0 Å². The first-order valence-corrected chi connectivity index (χ1v) is 8.01. The van der Waals surface area contributed by atoms with Gasteiger partial charge in [-0.1, -0.05) is 54.6 Å². The van der Waals surface area contributed by atoms with Crippen LogP contribution in [0.5, 0.6) is 11.5 Å². The molecular weight excluding hydrogens is 296 g/mol. The second-order valence-corrected chi connectivity index (χ2v) is 5.78. The van der Waals surface area contributed by atoms with Gasteiger partial charge in [0.05, 0.1) is 7.11 Å². The molecule has 3 aromatic carbocycles. The number of hydrogen-bond donors (Lipinski definition) is 0. The zero-order chi connectivity index (χ0) is 16.4. The van der Waals surface area contributed by atoms with E-state index in [2.05, 4.69) is 54.6 Å². The van der Waals surface area contributed by atoms with E-state index < -0.39 is 0 Å². The van der Waals surface area contributed by atoms with E-state index in [4.69, 9.17) is 9.47 Å². The molecule has 2 heteroatoms. The van der Waals surface area contributed by atoms with Gasteiger partial charge in [0, 0.05) is 11.1 Å². The molecule has 0 N–H and O–H groups in total. The highest BCUT2D eigenvalue weighted by Gasteiger charge is 2.19. The van der Waals surface area contributed by atoms with E-state index in [0.717, 1.165) is 22.6 Å². The first-order valence-electron chi connectivity index (χ1n) is 8.01. The Kier molecular flexibility index (Phi) is 3.80. The third-order valence-electron chi connectivity index (χ3n) is 4.27. The van der Waals surface area contributed by atoms with Crippen molar-refractivity contribution in [2.75, 3.05) is 7.11 Å². The smallest absolute Gasteiger partial charge is 0.127 e. The van der Waals surface area contributed by atoms with Crippen LogP contribution in [0.3, 0.4) is 0 Å². The Hall–Kier alpha value is -3.00. The van der Waals surface area contributed by atoms with Crippen LogP contribution < -0.4 is 9.47 Å². The zero-order valence-corrected chi connectivity index (χ0v) is 13.5. The van der Waals surface area contributed by atoms with Crippen molar-refractivity contribution in [1.82, 2.24) is 0 Å². The van der Waals surface area contributed by atoms with Crippen molar-refractivity contribution in [3.63, 3.8) is 0 Å². The molecule has 0 spiro atoms. The monoisotopic (exact) mass is 314 g/mol. The minimum absolute atomic E-state index is 0.537. The van der Waals surface area contributed by atoms with Crippen LogP contribution in [0.1, 0.15) is 22.3 Å². The van der Waals surface area contributed by atoms with Crippen LogP contribution >= 0.6 is 0 Å². The quantitative estimate of drug-likeness (QED) is 0.649. The summed E-state index contributed by atoms with van der Waals surface area (Å²) in [5.74, 6) is 1.76. The fourth-order valence-electron chi connectivity index (χ4n) is 3.07. The van der Waals surface area contributed by atoms with Crippen LogP contribution in [0.15, 0.2) is 72.8 Å². The highest BCUT2D eigenvalue weighted by molar-refractivity contribution is 5.94. The number of rotatable bonds is 2. The van der Waals surface area contributed by atoms with Gasteiger partial charge in [0.2, 0.25) is 0 Å². The fourth-order valence-corrected chi connectivity index (χ4v) is 3.07. The molecule has 118 valence electrons. The molecule has 24 heavy (non-hydrogen) atoms. The van der Waals surface area contributed by atoms with Gasteiger partial charge in [0.15, 0.2) is 0 Å². The van der Waals surface area contributed by atoms with Gasteiger partial charge in [-0.05, 0) is 41.0 Å². The van der Waals surface area contributed by atoms with Crippen LogP contribution in [0.4, 0.5) is 0 Å². The lowest BCUT2D eigenvalue weighted by Crippen LogP contribution is -1.96. The molecule has 0 fully saturated rings. The summed E-state index contributed by atoms with van der Waals surface area (Å²) in [6, 6.07) is 24.8. The van der Waals surface area contributed by atoms with E-state index in [1.165, 1.54) is 16.7 Å². The maximum absolute atomic E-state index is 6.05. The molecule has 1 aliphatic rings. The van der Waals surface area contributed by atoms with Crippen molar-refractivity contribution in [3.8, 4) is 11.5 Å². The summed E-state index contributed by atoms with van der Waals surface area (Å²) >= 11 is 0. The first kappa shape index (κ1) is 14.6. The molecule has 4 rings (SSSR count). The molecule has 0 aliphatic carbocycles. The largest absolute Gasteiger partial charge is 0.497 e. The van der Waals surface area contributed by atoms with Gasteiger partial charge in [0.25, 0.3) is 0 Å². The molecule has 0 amide bonds. The molecule has 3 aromatic rings. The molecule has 0 aromatic heterocycles. The van der Waals surface area contributed by atoms with Crippen molar-refractivity contribution >= 4 is 11.6 Å². The van der Waals surface area contributed by atoms with Crippen molar-refractivity contribution in [2.24, 2.45) is 0 Å². The number of fused-ring (bicyclic) bond motifs is 2. The van der Waals surface area contributed by atoms with Gasteiger partial charge in [-0.2, -0.15) is 0 Å². The fraction of sp³-hybridized carbons (Fsp3) is 0.0909. The summed E-state index contributed by atoms with van der Waals surface area (Å²) in [5.41, 5.74) is 5.78. The Morgan fingerprint density at radius 2 is 1.67 bits per heavy atom. The Labute approximate surface area is 142 Å². The third-order valence-corrected chi connectivity index (χ3v) is 4.27. The normalized spacial score (nSPS) is 14.3. The minimum atomic E-state index is 0.537. The van der Waals surface area contributed by atoms with Crippen LogP contribution in [-0.2, 0) is 6.61 Å². The van der Waals surface area contributed by atoms with Crippen LogP contribution in [0.2, 0.25) is 0 Å². The van der Waals surface area contributed by atoms with E-state index in [9.17, 15) is 0 Å². The van der Waals surface area contributed by atoms with E-state index in [0.29, 0.717) is 6.61 Å². The third kappa shape index (κ3) is 2.67.